The molecule has 9 heteroatoms. The number of ether oxygens (including phenoxy) is 1. The number of carbonyl (C=O) groups is 2. The van der Waals surface area contributed by atoms with E-state index in [2.05, 4.69) is 10.1 Å². The van der Waals surface area contributed by atoms with Crippen molar-refractivity contribution in [3.63, 3.8) is 0 Å². The molecular formula is C23H23ClF2N2O4. The van der Waals surface area contributed by atoms with Gasteiger partial charge in [0, 0.05) is 23.2 Å². The van der Waals surface area contributed by atoms with Gasteiger partial charge in [-0.05, 0) is 55.3 Å². The maximum absolute atomic E-state index is 13.3. The van der Waals surface area contributed by atoms with Gasteiger partial charge >= 0.3 is 6.61 Å². The van der Waals surface area contributed by atoms with E-state index in [4.69, 9.17) is 11.6 Å². The first kappa shape index (κ1) is 23.5. The Morgan fingerprint density at radius 3 is 2.53 bits per heavy atom. The summed E-state index contributed by atoms with van der Waals surface area (Å²) in [5.74, 6) is -0.862. The molecule has 32 heavy (non-hydrogen) atoms. The fourth-order valence-electron chi connectivity index (χ4n) is 3.51. The number of amides is 1. The Morgan fingerprint density at radius 2 is 1.91 bits per heavy atom. The van der Waals surface area contributed by atoms with Crippen molar-refractivity contribution in [1.29, 1.82) is 0 Å². The molecule has 0 saturated carbocycles. The lowest BCUT2D eigenvalue weighted by molar-refractivity contribution is -0.120. The number of alkyl halides is 2. The van der Waals surface area contributed by atoms with Crippen LogP contribution in [0.2, 0.25) is 5.02 Å². The number of nitrogens with one attached hydrogen (secondary N) is 1. The molecule has 0 radical (unpaired) electrons. The number of nitrogens with zero attached hydrogens (tertiary/aromatic N) is 1. The summed E-state index contributed by atoms with van der Waals surface area (Å²) in [5.41, 5.74) is 1.77. The molecule has 3 aromatic rings. The van der Waals surface area contributed by atoms with Crippen molar-refractivity contribution in [2.75, 3.05) is 6.54 Å². The molecule has 0 spiro atoms. The molecule has 0 bridgehead atoms. The van der Waals surface area contributed by atoms with E-state index in [9.17, 15) is 23.5 Å². The molecule has 0 fully saturated rings. The highest BCUT2D eigenvalue weighted by atomic mass is 35.5. The number of phenols is 1. The number of carbonyl (C=O) groups excluding carboxylic acids is 2. The lowest BCUT2D eigenvalue weighted by atomic mass is 10.1. The van der Waals surface area contributed by atoms with Gasteiger partial charge < -0.3 is 15.2 Å². The first-order valence-corrected chi connectivity index (χ1v) is 10.5. The van der Waals surface area contributed by atoms with E-state index >= 15 is 0 Å². The maximum atomic E-state index is 13.3. The number of aromatic nitrogens is 1. The van der Waals surface area contributed by atoms with Crippen LogP contribution in [-0.4, -0.2) is 34.6 Å². The predicted octanol–water partition coefficient (Wildman–Crippen LogP) is 5.06. The fraction of sp³-hybridized carbons (Fsp3) is 0.304. The summed E-state index contributed by atoms with van der Waals surface area (Å²) in [6.45, 7) is 1.31. The van der Waals surface area contributed by atoms with E-state index in [1.54, 1.807) is 6.92 Å². The van der Waals surface area contributed by atoms with Crippen LogP contribution in [0.3, 0.4) is 0 Å². The average molecular weight is 465 g/mol. The number of phenolic OH excluding ortho intramolecular Hbond substituents is 1. The molecule has 170 valence electrons. The predicted molar refractivity (Wildman–Crippen MR) is 118 cm³/mol. The van der Waals surface area contributed by atoms with E-state index in [1.165, 1.54) is 41.0 Å². The van der Waals surface area contributed by atoms with Crippen LogP contribution in [0.15, 0.2) is 36.4 Å². The Labute approximate surface area is 188 Å². The molecule has 1 heterocycles. The summed E-state index contributed by atoms with van der Waals surface area (Å²) in [5, 5.41) is 13.5. The van der Waals surface area contributed by atoms with Gasteiger partial charge in [0.05, 0.1) is 17.0 Å². The van der Waals surface area contributed by atoms with Crippen LogP contribution >= 0.6 is 11.6 Å². The smallest absolute Gasteiger partial charge is 0.387 e. The Balaban J connectivity index is 2.02. The molecule has 2 N–H and O–H groups in total. The number of aromatic hydroxyl groups is 1. The van der Waals surface area contributed by atoms with Crippen LogP contribution in [0.25, 0.3) is 10.9 Å². The number of halogens is 3. The van der Waals surface area contributed by atoms with E-state index in [0.717, 1.165) is 12.8 Å². The topological polar surface area (TPSA) is 80.6 Å². The van der Waals surface area contributed by atoms with Crippen molar-refractivity contribution in [3.05, 3.63) is 58.2 Å². The van der Waals surface area contributed by atoms with Gasteiger partial charge in [-0.2, -0.15) is 8.78 Å². The van der Waals surface area contributed by atoms with Crippen molar-refractivity contribution in [3.8, 4) is 11.5 Å². The van der Waals surface area contributed by atoms with Crippen molar-refractivity contribution in [2.45, 2.75) is 39.7 Å². The largest absolute Gasteiger partial charge is 0.506 e. The monoisotopic (exact) mass is 464 g/mol. The van der Waals surface area contributed by atoms with E-state index in [-0.39, 0.29) is 34.4 Å². The van der Waals surface area contributed by atoms with Crippen LogP contribution < -0.4 is 10.1 Å². The molecule has 0 aliphatic carbocycles. The highest BCUT2D eigenvalue weighted by molar-refractivity contribution is 6.33. The first-order valence-electron chi connectivity index (χ1n) is 10.1. The van der Waals surface area contributed by atoms with Crippen LogP contribution in [0, 0.1) is 6.92 Å². The third-order valence-corrected chi connectivity index (χ3v) is 5.43. The number of fused-ring (bicyclic) bond motifs is 1. The molecule has 0 aliphatic rings. The highest BCUT2D eigenvalue weighted by Crippen LogP contribution is 2.35. The second-order valence-electron chi connectivity index (χ2n) is 7.31. The second-order valence-corrected chi connectivity index (χ2v) is 7.72. The Hall–Kier alpha value is -3.13. The summed E-state index contributed by atoms with van der Waals surface area (Å²) < 4.78 is 30.5. The first-order chi connectivity index (χ1) is 15.2. The SMILES string of the molecule is CCCCNC(=O)Cc1c(C)n(C(=O)c2ccc(OC(F)F)cc2)c2cc(Cl)c(O)cc12. The number of benzene rings is 2. The van der Waals surface area contributed by atoms with Gasteiger partial charge in [0.2, 0.25) is 5.91 Å². The summed E-state index contributed by atoms with van der Waals surface area (Å²) in [7, 11) is 0. The van der Waals surface area contributed by atoms with Crippen LogP contribution in [0.5, 0.6) is 11.5 Å². The standard InChI is InChI=1S/C23H23ClF2N2O4/c1-3-4-9-27-21(30)11-16-13(2)28(19-12-18(24)20(29)10-17(16)19)22(31)14-5-7-15(8-6-14)32-23(25)26/h5-8,10,12,23,29H,3-4,9,11H2,1-2H3,(H,27,30). The zero-order valence-electron chi connectivity index (χ0n) is 17.6. The minimum Gasteiger partial charge on any atom is -0.506 e. The quantitative estimate of drug-likeness (QED) is 0.457. The van der Waals surface area contributed by atoms with Gasteiger partial charge in [0.25, 0.3) is 5.91 Å². The minimum atomic E-state index is -2.96. The van der Waals surface area contributed by atoms with Crippen molar-refractivity contribution >= 4 is 34.3 Å². The Kier molecular flexibility index (Phi) is 7.35. The highest BCUT2D eigenvalue weighted by Gasteiger charge is 2.23. The second kappa shape index (κ2) is 9.99. The zero-order chi connectivity index (χ0) is 23.4. The molecule has 1 amide bonds. The number of hydrogen-bond acceptors (Lipinski definition) is 4. The lowest BCUT2D eigenvalue weighted by Gasteiger charge is -2.09. The molecule has 3 rings (SSSR count). The van der Waals surface area contributed by atoms with Crippen molar-refractivity contribution < 1.29 is 28.2 Å². The van der Waals surface area contributed by atoms with Gasteiger partial charge in [-0.3, -0.25) is 14.2 Å². The van der Waals surface area contributed by atoms with Gasteiger partial charge in [-0.15, -0.1) is 0 Å². The maximum Gasteiger partial charge on any atom is 0.387 e. The molecule has 1 aromatic heterocycles. The summed E-state index contributed by atoms with van der Waals surface area (Å²) >= 11 is 6.09. The van der Waals surface area contributed by atoms with Gasteiger partial charge in [0.1, 0.15) is 11.5 Å². The van der Waals surface area contributed by atoms with Gasteiger partial charge in [0.15, 0.2) is 0 Å². The molecule has 6 nitrogen and oxygen atoms in total. The number of unbranched alkanes of at least 4 members (excludes halogenated alkanes) is 1. The summed E-state index contributed by atoms with van der Waals surface area (Å²) in [6.07, 6.45) is 1.82. The van der Waals surface area contributed by atoms with Crippen molar-refractivity contribution in [1.82, 2.24) is 9.88 Å². The average Bonchev–Trinajstić information content (AvgIpc) is 2.99. The van der Waals surface area contributed by atoms with E-state index in [0.29, 0.717) is 28.7 Å². The summed E-state index contributed by atoms with van der Waals surface area (Å²) in [4.78, 5) is 25.7. The Bertz CT molecular complexity index is 1140. The minimum absolute atomic E-state index is 0.0224. The molecule has 0 aliphatic heterocycles. The van der Waals surface area contributed by atoms with Gasteiger partial charge in [-0.25, -0.2) is 0 Å². The molecule has 0 saturated heterocycles. The van der Waals surface area contributed by atoms with Crippen LogP contribution in [0.1, 0.15) is 41.4 Å². The number of rotatable bonds is 8. The molecule has 0 unspecified atom stereocenters. The third kappa shape index (κ3) is 5.02. The molecule has 2 aromatic carbocycles. The fourth-order valence-corrected chi connectivity index (χ4v) is 3.67. The number of hydrogen-bond donors (Lipinski definition) is 2. The summed E-state index contributed by atoms with van der Waals surface area (Å²) in [6, 6.07) is 8.21. The van der Waals surface area contributed by atoms with E-state index in [1.807, 2.05) is 6.92 Å². The van der Waals surface area contributed by atoms with Crippen LogP contribution in [-0.2, 0) is 11.2 Å². The van der Waals surface area contributed by atoms with Crippen LogP contribution in [0.4, 0.5) is 8.78 Å². The normalized spacial score (nSPS) is 11.2. The third-order valence-electron chi connectivity index (χ3n) is 5.12. The van der Waals surface area contributed by atoms with E-state index < -0.39 is 12.5 Å². The Morgan fingerprint density at radius 1 is 1.22 bits per heavy atom. The zero-order valence-corrected chi connectivity index (χ0v) is 18.4. The van der Waals surface area contributed by atoms with Gasteiger partial charge in [-0.1, -0.05) is 24.9 Å². The lowest BCUT2D eigenvalue weighted by Crippen LogP contribution is -2.26. The molecule has 0 atom stereocenters. The molecular weight excluding hydrogens is 442 g/mol. The van der Waals surface area contributed by atoms with Crippen molar-refractivity contribution in [2.24, 2.45) is 0 Å².